The average Bonchev–Trinajstić information content (AvgIpc) is 3.06. The van der Waals surface area contributed by atoms with Gasteiger partial charge in [-0.15, -0.1) is 11.8 Å². The Morgan fingerprint density at radius 1 is 1.06 bits per heavy atom. The molecule has 0 aromatic heterocycles. The van der Waals surface area contributed by atoms with Crippen LogP contribution in [0.2, 0.25) is 0 Å². The number of carbonyl (C=O) groups is 5. The van der Waals surface area contributed by atoms with Crippen molar-refractivity contribution in [2.24, 2.45) is 0 Å². The number of rotatable bonds is 9. The summed E-state index contributed by atoms with van der Waals surface area (Å²) in [5.41, 5.74) is 1.23. The number of carboxylic acids is 1. The number of carboxylic acid groups (broad SMARTS) is 1. The van der Waals surface area contributed by atoms with Crippen LogP contribution in [0.3, 0.4) is 0 Å². The number of hydrogen-bond acceptors (Lipinski definition) is 7. The Morgan fingerprint density at radius 2 is 1.73 bits per heavy atom. The van der Waals surface area contributed by atoms with E-state index < -0.39 is 23.1 Å². The molecule has 0 radical (unpaired) electrons. The van der Waals surface area contributed by atoms with E-state index in [4.69, 9.17) is 9.84 Å². The zero-order valence-corrected chi connectivity index (χ0v) is 18.6. The second kappa shape index (κ2) is 10.8. The van der Waals surface area contributed by atoms with Crippen LogP contribution < -0.4 is 10.2 Å². The number of thioether (sulfide) groups is 1. The summed E-state index contributed by atoms with van der Waals surface area (Å²) in [6, 6.07) is 12.8. The van der Waals surface area contributed by atoms with Gasteiger partial charge in [0.05, 0.1) is 29.5 Å². The number of amides is 3. The molecule has 9 nitrogen and oxygen atoms in total. The summed E-state index contributed by atoms with van der Waals surface area (Å²) < 4.78 is 4.93. The molecule has 0 bridgehead atoms. The highest BCUT2D eigenvalue weighted by Gasteiger charge is 2.40. The third-order valence-corrected chi connectivity index (χ3v) is 5.92. The number of imide groups is 1. The van der Waals surface area contributed by atoms with Gasteiger partial charge < -0.3 is 15.2 Å². The molecule has 0 aliphatic carbocycles. The molecule has 33 heavy (non-hydrogen) atoms. The normalized spacial score (nSPS) is 15.4. The monoisotopic (exact) mass is 470 g/mol. The molecular weight excluding hydrogens is 448 g/mol. The highest BCUT2D eigenvalue weighted by atomic mass is 32.2. The zero-order valence-electron chi connectivity index (χ0n) is 17.8. The summed E-state index contributed by atoms with van der Waals surface area (Å²) >= 11 is 1.24. The Labute approximate surface area is 194 Å². The van der Waals surface area contributed by atoms with Gasteiger partial charge in [0.25, 0.3) is 0 Å². The van der Waals surface area contributed by atoms with Crippen molar-refractivity contribution < 1.29 is 33.8 Å². The Kier molecular flexibility index (Phi) is 7.83. The smallest absolute Gasteiger partial charge is 0.338 e. The fraction of sp³-hybridized carbons (Fsp3) is 0.261. The van der Waals surface area contributed by atoms with Gasteiger partial charge in [-0.2, -0.15) is 0 Å². The fourth-order valence-electron chi connectivity index (χ4n) is 3.15. The second-order valence-electron chi connectivity index (χ2n) is 7.11. The first-order valence-corrected chi connectivity index (χ1v) is 11.1. The Balaban J connectivity index is 1.61. The van der Waals surface area contributed by atoms with Crippen molar-refractivity contribution in [1.29, 1.82) is 0 Å². The maximum atomic E-state index is 12.9. The number of hydrogen-bond donors (Lipinski definition) is 2. The van der Waals surface area contributed by atoms with Crippen molar-refractivity contribution in [3.05, 3.63) is 54.1 Å². The first-order valence-electron chi connectivity index (χ1n) is 10.2. The van der Waals surface area contributed by atoms with Crippen LogP contribution >= 0.6 is 11.8 Å². The summed E-state index contributed by atoms with van der Waals surface area (Å²) in [5, 5.41) is 10.6. The number of nitrogens with zero attached hydrogens (tertiary/aromatic N) is 1. The number of ether oxygens (including phenoxy) is 1. The van der Waals surface area contributed by atoms with E-state index in [0.29, 0.717) is 16.9 Å². The van der Waals surface area contributed by atoms with E-state index in [9.17, 15) is 24.0 Å². The van der Waals surface area contributed by atoms with Crippen molar-refractivity contribution in [3.63, 3.8) is 0 Å². The molecule has 1 heterocycles. The predicted octanol–water partition coefficient (Wildman–Crippen LogP) is 3.09. The number of aliphatic carboxylic acids is 1. The third kappa shape index (κ3) is 6.19. The van der Waals surface area contributed by atoms with Crippen molar-refractivity contribution >= 4 is 52.8 Å². The largest absolute Gasteiger partial charge is 0.481 e. The molecule has 1 aliphatic rings. The Morgan fingerprint density at radius 3 is 2.33 bits per heavy atom. The van der Waals surface area contributed by atoms with Crippen LogP contribution in [-0.2, 0) is 23.9 Å². The topological polar surface area (TPSA) is 130 Å². The highest BCUT2D eigenvalue weighted by Crippen LogP contribution is 2.34. The maximum Gasteiger partial charge on any atom is 0.338 e. The number of esters is 1. The minimum absolute atomic E-state index is 0.0385. The van der Waals surface area contributed by atoms with Crippen LogP contribution in [0.1, 0.15) is 36.5 Å². The molecule has 3 amide bonds. The van der Waals surface area contributed by atoms with Gasteiger partial charge in [0.2, 0.25) is 17.7 Å². The Bertz CT molecular complexity index is 1070. The molecule has 1 atom stereocenters. The van der Waals surface area contributed by atoms with Crippen LogP contribution in [0.25, 0.3) is 0 Å². The first kappa shape index (κ1) is 24.0. The molecule has 172 valence electrons. The van der Waals surface area contributed by atoms with Gasteiger partial charge in [-0.1, -0.05) is 0 Å². The van der Waals surface area contributed by atoms with Crippen LogP contribution in [0.15, 0.2) is 53.4 Å². The van der Waals surface area contributed by atoms with Gasteiger partial charge in [-0.25, -0.2) is 9.69 Å². The van der Waals surface area contributed by atoms with Crippen LogP contribution in [0.5, 0.6) is 0 Å². The second-order valence-corrected chi connectivity index (χ2v) is 8.39. The van der Waals surface area contributed by atoms with Gasteiger partial charge >= 0.3 is 11.9 Å². The molecular formula is C23H22N2O7S. The highest BCUT2D eigenvalue weighted by molar-refractivity contribution is 8.00. The van der Waals surface area contributed by atoms with Crippen molar-refractivity contribution in [3.8, 4) is 0 Å². The van der Waals surface area contributed by atoms with E-state index in [2.05, 4.69) is 5.32 Å². The van der Waals surface area contributed by atoms with E-state index in [1.54, 1.807) is 31.2 Å². The fourth-order valence-corrected chi connectivity index (χ4v) is 4.21. The lowest BCUT2D eigenvalue weighted by atomic mass is 10.2. The third-order valence-electron chi connectivity index (χ3n) is 4.72. The van der Waals surface area contributed by atoms with Gasteiger partial charge in [0, 0.05) is 23.4 Å². The summed E-state index contributed by atoms with van der Waals surface area (Å²) in [4.78, 5) is 61.3. The molecule has 1 aliphatic heterocycles. The number of benzene rings is 2. The standard InChI is InChI=1S/C23H22N2O7S/c1-2-32-23(31)14-3-7-16(8-4-14)25-20(27)13-18(22(25)30)33-17-9-5-15(6-10-17)24-19(26)11-12-21(28)29/h3-10,18H,2,11-13H2,1H3,(H,24,26)(H,28,29)/t18-/m1/s1. The molecule has 2 N–H and O–H groups in total. The van der Waals surface area contributed by atoms with Gasteiger partial charge in [-0.05, 0) is 55.5 Å². The van der Waals surface area contributed by atoms with Gasteiger partial charge in [-0.3, -0.25) is 19.2 Å². The SMILES string of the molecule is CCOC(=O)c1ccc(N2C(=O)C[C@@H](Sc3ccc(NC(=O)CCC(=O)O)cc3)C2=O)cc1. The molecule has 2 aromatic carbocycles. The lowest BCUT2D eigenvalue weighted by Gasteiger charge is -2.15. The molecule has 3 rings (SSSR count). The minimum Gasteiger partial charge on any atom is -0.481 e. The average molecular weight is 471 g/mol. The number of carbonyl (C=O) groups excluding carboxylic acids is 4. The maximum absolute atomic E-state index is 12.9. The molecule has 10 heteroatoms. The van der Waals surface area contributed by atoms with Crippen LogP contribution in [-0.4, -0.2) is 46.6 Å². The van der Waals surface area contributed by atoms with Gasteiger partial charge in [0.15, 0.2) is 0 Å². The molecule has 1 fully saturated rings. The van der Waals surface area contributed by atoms with E-state index in [1.807, 2.05) is 0 Å². The summed E-state index contributed by atoms with van der Waals surface area (Å²) in [7, 11) is 0. The molecule has 0 saturated carbocycles. The Hall–Kier alpha value is -3.66. The zero-order chi connectivity index (χ0) is 24.0. The van der Waals surface area contributed by atoms with E-state index >= 15 is 0 Å². The lowest BCUT2D eigenvalue weighted by Crippen LogP contribution is -2.31. The molecule has 1 saturated heterocycles. The van der Waals surface area contributed by atoms with Crippen LogP contribution in [0.4, 0.5) is 11.4 Å². The van der Waals surface area contributed by atoms with E-state index in [1.165, 1.54) is 36.0 Å². The molecule has 0 unspecified atom stereocenters. The van der Waals surface area contributed by atoms with Gasteiger partial charge in [0.1, 0.15) is 0 Å². The van der Waals surface area contributed by atoms with E-state index in [-0.39, 0.29) is 37.7 Å². The van der Waals surface area contributed by atoms with Crippen molar-refractivity contribution in [2.75, 3.05) is 16.8 Å². The quantitative estimate of drug-likeness (QED) is 0.422. The summed E-state index contributed by atoms with van der Waals surface area (Å²) in [6.07, 6.45) is -0.336. The number of anilines is 2. The summed E-state index contributed by atoms with van der Waals surface area (Å²) in [6.45, 7) is 1.96. The first-order chi connectivity index (χ1) is 15.8. The molecule has 0 spiro atoms. The lowest BCUT2D eigenvalue weighted by molar-refractivity contribution is -0.138. The van der Waals surface area contributed by atoms with Crippen molar-refractivity contribution in [2.45, 2.75) is 36.3 Å². The number of nitrogens with one attached hydrogen (secondary N) is 1. The predicted molar refractivity (Wildman–Crippen MR) is 121 cm³/mol. The van der Waals surface area contributed by atoms with E-state index in [0.717, 1.165) is 9.80 Å². The van der Waals surface area contributed by atoms with Crippen LogP contribution in [0, 0.1) is 0 Å². The molecule has 2 aromatic rings. The summed E-state index contributed by atoms with van der Waals surface area (Å²) in [5.74, 6) is -2.60. The van der Waals surface area contributed by atoms with Crippen molar-refractivity contribution in [1.82, 2.24) is 0 Å². The minimum atomic E-state index is -1.04.